The molecule has 1 amide bonds. The predicted molar refractivity (Wildman–Crippen MR) is 101 cm³/mol. The zero-order valence-corrected chi connectivity index (χ0v) is 15.0. The summed E-state index contributed by atoms with van der Waals surface area (Å²) in [5, 5.41) is 3.12. The number of nitrogens with one attached hydrogen (secondary N) is 1. The highest BCUT2D eigenvalue weighted by Gasteiger charge is 2.10. The van der Waals surface area contributed by atoms with Crippen molar-refractivity contribution in [1.82, 2.24) is 0 Å². The summed E-state index contributed by atoms with van der Waals surface area (Å²) in [5.74, 6) is 1.43. The van der Waals surface area contributed by atoms with Crippen LogP contribution >= 0.6 is 11.8 Å². The molecule has 0 heterocycles. The smallest absolute Gasteiger partial charge is 0.234 e. The lowest BCUT2D eigenvalue weighted by Gasteiger charge is -2.14. The van der Waals surface area contributed by atoms with E-state index in [1.54, 1.807) is 11.8 Å². The Kier molecular flexibility index (Phi) is 6.72. The van der Waals surface area contributed by atoms with E-state index in [1.165, 1.54) is 22.3 Å². The fraction of sp³-hybridized carbons (Fsp3) is 0.350. The standard InChI is InChI=1S/C20H25NOS/c1-4-17-10-7-11-18(5-2)20(17)21-19(22)14-23-13-16-9-6-8-15(3)12-16/h6-12H,4-5,13-14H2,1-3H3,(H,21,22). The number of carbonyl (C=O) groups excluding carboxylic acids is 1. The third kappa shape index (κ3) is 5.14. The SMILES string of the molecule is CCc1cccc(CC)c1NC(=O)CSCc1cccc(C)c1. The molecule has 2 aromatic carbocycles. The first kappa shape index (κ1) is 17.6. The van der Waals surface area contributed by atoms with Crippen LogP contribution in [-0.2, 0) is 23.4 Å². The molecule has 0 atom stereocenters. The molecule has 0 saturated heterocycles. The van der Waals surface area contributed by atoms with Crippen LogP contribution in [0, 0.1) is 6.92 Å². The largest absolute Gasteiger partial charge is 0.325 e. The van der Waals surface area contributed by atoms with E-state index in [2.05, 4.69) is 68.6 Å². The van der Waals surface area contributed by atoms with Crippen LogP contribution < -0.4 is 5.32 Å². The van der Waals surface area contributed by atoms with Crippen LogP contribution in [0.4, 0.5) is 5.69 Å². The van der Waals surface area contributed by atoms with E-state index >= 15 is 0 Å². The van der Waals surface area contributed by atoms with Gasteiger partial charge in [-0.2, -0.15) is 0 Å². The van der Waals surface area contributed by atoms with Gasteiger partial charge in [-0.25, -0.2) is 0 Å². The Hall–Kier alpha value is -1.74. The summed E-state index contributed by atoms with van der Waals surface area (Å²) in [6.07, 6.45) is 1.86. The van der Waals surface area contributed by atoms with E-state index in [1.807, 2.05) is 0 Å². The maximum absolute atomic E-state index is 12.3. The molecule has 3 heteroatoms. The van der Waals surface area contributed by atoms with Crippen LogP contribution in [-0.4, -0.2) is 11.7 Å². The van der Waals surface area contributed by atoms with E-state index in [4.69, 9.17) is 0 Å². The van der Waals surface area contributed by atoms with Gasteiger partial charge in [-0.3, -0.25) is 4.79 Å². The zero-order chi connectivity index (χ0) is 16.7. The first-order chi connectivity index (χ1) is 11.1. The van der Waals surface area contributed by atoms with E-state index in [0.717, 1.165) is 24.3 Å². The first-order valence-corrected chi connectivity index (χ1v) is 9.33. The monoisotopic (exact) mass is 327 g/mol. The van der Waals surface area contributed by atoms with E-state index in [0.29, 0.717) is 5.75 Å². The maximum atomic E-state index is 12.3. The second-order valence-corrected chi connectivity index (χ2v) is 6.67. The second-order valence-electron chi connectivity index (χ2n) is 5.69. The lowest BCUT2D eigenvalue weighted by molar-refractivity contribution is -0.113. The number of aryl methyl sites for hydroxylation is 3. The topological polar surface area (TPSA) is 29.1 Å². The molecular formula is C20H25NOS. The molecule has 122 valence electrons. The molecule has 0 bridgehead atoms. The van der Waals surface area contributed by atoms with Crippen molar-refractivity contribution in [3.8, 4) is 0 Å². The Labute approximate surface area is 143 Å². The predicted octanol–water partition coefficient (Wildman–Crippen LogP) is 4.99. The van der Waals surface area contributed by atoms with Gasteiger partial charge in [-0.1, -0.05) is 61.9 Å². The molecule has 0 aromatic heterocycles. The number of amides is 1. The Bertz CT molecular complexity index is 644. The van der Waals surface area contributed by atoms with E-state index in [-0.39, 0.29) is 5.91 Å². The molecule has 0 radical (unpaired) electrons. The van der Waals surface area contributed by atoms with Crippen LogP contribution in [0.3, 0.4) is 0 Å². The summed E-state index contributed by atoms with van der Waals surface area (Å²) in [5.41, 5.74) is 5.96. The Morgan fingerprint density at radius 1 is 1.04 bits per heavy atom. The van der Waals surface area contributed by atoms with Gasteiger partial charge in [0.1, 0.15) is 0 Å². The molecule has 0 unspecified atom stereocenters. The van der Waals surface area contributed by atoms with Gasteiger partial charge in [0.2, 0.25) is 5.91 Å². The third-order valence-electron chi connectivity index (χ3n) is 3.85. The van der Waals surface area contributed by atoms with Crippen molar-refractivity contribution in [3.63, 3.8) is 0 Å². The first-order valence-electron chi connectivity index (χ1n) is 8.18. The molecule has 0 aliphatic heterocycles. The fourth-order valence-electron chi connectivity index (χ4n) is 2.64. The Morgan fingerprint density at radius 2 is 1.70 bits per heavy atom. The minimum absolute atomic E-state index is 0.0817. The van der Waals surface area contributed by atoms with Gasteiger partial charge >= 0.3 is 0 Å². The van der Waals surface area contributed by atoms with Gasteiger partial charge in [-0.05, 0) is 36.5 Å². The van der Waals surface area contributed by atoms with Crippen molar-refractivity contribution in [3.05, 3.63) is 64.7 Å². The highest BCUT2D eigenvalue weighted by Crippen LogP contribution is 2.23. The quantitative estimate of drug-likeness (QED) is 0.776. The molecule has 2 nitrogen and oxygen atoms in total. The number of thioether (sulfide) groups is 1. The van der Waals surface area contributed by atoms with Crippen molar-refractivity contribution in [2.75, 3.05) is 11.1 Å². The fourth-order valence-corrected chi connectivity index (χ4v) is 3.42. The van der Waals surface area contributed by atoms with Crippen LogP contribution in [0.25, 0.3) is 0 Å². The number of hydrogen-bond acceptors (Lipinski definition) is 2. The van der Waals surface area contributed by atoms with Crippen LogP contribution in [0.2, 0.25) is 0 Å². The van der Waals surface area contributed by atoms with E-state index < -0.39 is 0 Å². The third-order valence-corrected chi connectivity index (χ3v) is 4.85. The maximum Gasteiger partial charge on any atom is 0.234 e. The van der Waals surface area contributed by atoms with Crippen LogP contribution in [0.1, 0.15) is 36.1 Å². The summed E-state index contributed by atoms with van der Waals surface area (Å²) in [6.45, 7) is 6.34. The molecular weight excluding hydrogens is 302 g/mol. The van der Waals surface area contributed by atoms with Gasteiger partial charge in [0.05, 0.1) is 5.75 Å². The van der Waals surface area contributed by atoms with Gasteiger partial charge in [0.25, 0.3) is 0 Å². The minimum atomic E-state index is 0.0817. The van der Waals surface area contributed by atoms with Crippen molar-refractivity contribution < 1.29 is 4.79 Å². The molecule has 0 aliphatic rings. The summed E-state index contributed by atoms with van der Waals surface area (Å²) in [4.78, 5) is 12.3. The van der Waals surface area contributed by atoms with Crippen molar-refractivity contribution in [2.45, 2.75) is 39.4 Å². The Balaban J connectivity index is 1.92. The average Bonchev–Trinajstić information content (AvgIpc) is 2.55. The summed E-state index contributed by atoms with van der Waals surface area (Å²) < 4.78 is 0. The highest BCUT2D eigenvalue weighted by atomic mass is 32.2. The second kappa shape index (κ2) is 8.78. The van der Waals surface area contributed by atoms with Crippen molar-refractivity contribution in [2.24, 2.45) is 0 Å². The van der Waals surface area contributed by atoms with Crippen LogP contribution in [0.15, 0.2) is 42.5 Å². The van der Waals surface area contributed by atoms with E-state index in [9.17, 15) is 4.79 Å². The molecule has 0 saturated carbocycles. The van der Waals surface area contributed by atoms with Gasteiger partial charge < -0.3 is 5.32 Å². The zero-order valence-electron chi connectivity index (χ0n) is 14.2. The molecule has 0 spiro atoms. The molecule has 0 fully saturated rings. The minimum Gasteiger partial charge on any atom is -0.325 e. The molecule has 0 aliphatic carbocycles. The molecule has 23 heavy (non-hydrogen) atoms. The molecule has 1 N–H and O–H groups in total. The number of rotatable bonds is 7. The number of hydrogen-bond donors (Lipinski definition) is 1. The highest BCUT2D eigenvalue weighted by molar-refractivity contribution is 7.99. The van der Waals surface area contributed by atoms with Crippen LogP contribution in [0.5, 0.6) is 0 Å². The van der Waals surface area contributed by atoms with Gasteiger partial charge in [0, 0.05) is 11.4 Å². The number of benzene rings is 2. The lowest BCUT2D eigenvalue weighted by Crippen LogP contribution is -2.16. The Morgan fingerprint density at radius 3 is 2.30 bits per heavy atom. The van der Waals surface area contributed by atoms with Crippen molar-refractivity contribution >= 4 is 23.4 Å². The lowest BCUT2D eigenvalue weighted by atomic mass is 10.0. The molecule has 2 rings (SSSR count). The summed E-state index contributed by atoms with van der Waals surface area (Å²) >= 11 is 1.66. The van der Waals surface area contributed by atoms with Gasteiger partial charge in [-0.15, -0.1) is 11.8 Å². The number of para-hydroxylation sites is 1. The number of anilines is 1. The number of carbonyl (C=O) groups is 1. The average molecular weight is 327 g/mol. The summed E-state index contributed by atoms with van der Waals surface area (Å²) in [6, 6.07) is 14.7. The van der Waals surface area contributed by atoms with Gasteiger partial charge in [0.15, 0.2) is 0 Å². The normalized spacial score (nSPS) is 10.6. The summed E-state index contributed by atoms with van der Waals surface area (Å²) in [7, 11) is 0. The van der Waals surface area contributed by atoms with Crippen molar-refractivity contribution in [1.29, 1.82) is 0 Å². The molecule has 2 aromatic rings.